The maximum Gasteiger partial charge on any atom is 0.410 e. The lowest BCUT2D eigenvalue weighted by Gasteiger charge is -2.34. The quantitative estimate of drug-likeness (QED) is 0.589. The molecular weight excluding hydrogens is 436 g/mol. The number of carbonyl (C=O) groups is 2. The summed E-state index contributed by atoms with van der Waals surface area (Å²) in [7, 11) is 0. The zero-order chi connectivity index (χ0) is 24.0. The zero-order valence-corrected chi connectivity index (χ0v) is 21.4. The van der Waals surface area contributed by atoms with E-state index in [1.807, 2.05) is 39.1 Å². The van der Waals surface area contributed by atoms with E-state index in [0.717, 1.165) is 25.9 Å². The predicted octanol–water partition coefficient (Wildman–Crippen LogP) is 4.93. The van der Waals surface area contributed by atoms with Crippen LogP contribution >= 0.6 is 11.3 Å². The fraction of sp³-hybridized carbons (Fsp3) is 0.600. The Bertz CT molecular complexity index is 891. The van der Waals surface area contributed by atoms with E-state index in [9.17, 15) is 9.59 Å². The normalized spacial score (nSPS) is 16.1. The number of hydrogen-bond donors (Lipinski definition) is 1. The van der Waals surface area contributed by atoms with Crippen LogP contribution in [0.4, 0.5) is 4.79 Å². The summed E-state index contributed by atoms with van der Waals surface area (Å²) in [5.74, 6) is -0.0537. The molecule has 1 fully saturated rings. The van der Waals surface area contributed by atoms with Crippen molar-refractivity contribution >= 4 is 23.3 Å². The highest BCUT2D eigenvalue weighted by Crippen LogP contribution is 2.26. The molecule has 3 heterocycles. The standard InChI is InChI=1S/C25H38N4O3S/c1-6-27(7-2)22(19-12-16-33-18-19)17-26-23(30)21-9-8-13-29(21)20-10-14-28(15-11-20)24(31)32-25(3,4)5/h8-9,12-13,16,18,20,22H,6-7,10-11,14-15,17H2,1-5H3,(H,26,30). The first kappa shape index (κ1) is 25.3. The van der Waals surface area contributed by atoms with E-state index in [0.29, 0.717) is 25.3 Å². The molecule has 2 amide bonds. The molecule has 182 valence electrons. The van der Waals surface area contributed by atoms with Crippen molar-refractivity contribution in [2.45, 2.75) is 65.1 Å². The van der Waals surface area contributed by atoms with Gasteiger partial charge in [0, 0.05) is 31.9 Å². The van der Waals surface area contributed by atoms with Gasteiger partial charge in [0.2, 0.25) is 0 Å². The van der Waals surface area contributed by atoms with E-state index < -0.39 is 5.60 Å². The van der Waals surface area contributed by atoms with E-state index in [2.05, 4.69) is 45.5 Å². The number of hydrogen-bond acceptors (Lipinski definition) is 5. The first-order chi connectivity index (χ1) is 15.7. The van der Waals surface area contributed by atoms with Crippen LogP contribution in [0.5, 0.6) is 0 Å². The molecule has 1 aliphatic heterocycles. The second-order valence-corrected chi connectivity index (χ2v) is 10.3. The monoisotopic (exact) mass is 474 g/mol. The predicted molar refractivity (Wildman–Crippen MR) is 133 cm³/mol. The highest BCUT2D eigenvalue weighted by Gasteiger charge is 2.29. The van der Waals surface area contributed by atoms with Gasteiger partial charge in [0.25, 0.3) is 5.91 Å². The van der Waals surface area contributed by atoms with Gasteiger partial charge in [0.05, 0.1) is 6.04 Å². The molecule has 0 aromatic carbocycles. The Balaban J connectivity index is 1.61. The molecular formula is C25H38N4O3S. The molecule has 8 heteroatoms. The summed E-state index contributed by atoms with van der Waals surface area (Å²) < 4.78 is 7.57. The van der Waals surface area contributed by atoms with Gasteiger partial charge in [-0.2, -0.15) is 11.3 Å². The summed E-state index contributed by atoms with van der Waals surface area (Å²) in [6.45, 7) is 13.6. The van der Waals surface area contributed by atoms with Crippen molar-refractivity contribution in [2.75, 3.05) is 32.7 Å². The molecule has 0 radical (unpaired) electrons. The Hall–Kier alpha value is -2.32. The molecule has 33 heavy (non-hydrogen) atoms. The molecule has 0 saturated carbocycles. The van der Waals surface area contributed by atoms with E-state index >= 15 is 0 Å². The van der Waals surface area contributed by atoms with Crippen LogP contribution in [0.2, 0.25) is 0 Å². The number of nitrogens with one attached hydrogen (secondary N) is 1. The maximum absolute atomic E-state index is 13.1. The van der Waals surface area contributed by atoms with Crippen molar-refractivity contribution in [3.05, 3.63) is 46.4 Å². The van der Waals surface area contributed by atoms with Crippen molar-refractivity contribution in [1.29, 1.82) is 0 Å². The van der Waals surface area contributed by atoms with Crippen molar-refractivity contribution in [2.24, 2.45) is 0 Å². The highest BCUT2D eigenvalue weighted by molar-refractivity contribution is 7.08. The summed E-state index contributed by atoms with van der Waals surface area (Å²) in [5, 5.41) is 7.42. The number of aromatic nitrogens is 1. The summed E-state index contributed by atoms with van der Waals surface area (Å²) in [4.78, 5) is 29.6. The van der Waals surface area contributed by atoms with Crippen LogP contribution in [0.15, 0.2) is 35.2 Å². The summed E-state index contributed by atoms with van der Waals surface area (Å²) >= 11 is 1.68. The number of nitrogens with zero attached hydrogens (tertiary/aromatic N) is 3. The van der Waals surface area contributed by atoms with Gasteiger partial charge in [-0.25, -0.2) is 4.79 Å². The van der Waals surface area contributed by atoms with Gasteiger partial charge in [0.15, 0.2) is 0 Å². The molecule has 2 aromatic rings. The van der Waals surface area contributed by atoms with E-state index in [1.165, 1.54) is 5.56 Å². The SMILES string of the molecule is CCN(CC)C(CNC(=O)c1cccn1C1CCN(C(=O)OC(C)(C)C)CC1)c1ccsc1. The molecule has 0 aliphatic carbocycles. The third-order valence-corrected chi connectivity index (χ3v) is 6.86. The molecule has 1 saturated heterocycles. The van der Waals surface area contributed by atoms with Crippen molar-refractivity contribution in [3.8, 4) is 0 Å². The number of likely N-dealkylation sites (N-methyl/N-ethyl adjacent to an activating group) is 1. The molecule has 2 aromatic heterocycles. The molecule has 1 aliphatic rings. The number of piperidine rings is 1. The topological polar surface area (TPSA) is 66.8 Å². The third-order valence-electron chi connectivity index (χ3n) is 6.16. The number of ether oxygens (including phenoxy) is 1. The Morgan fingerprint density at radius 3 is 2.48 bits per heavy atom. The molecule has 0 spiro atoms. The van der Waals surface area contributed by atoms with Gasteiger partial charge in [-0.1, -0.05) is 13.8 Å². The van der Waals surface area contributed by atoms with Crippen molar-refractivity contribution in [1.82, 2.24) is 19.7 Å². The number of rotatable bonds is 8. The summed E-state index contributed by atoms with van der Waals surface area (Å²) in [6.07, 6.45) is 3.31. The van der Waals surface area contributed by atoms with Crippen LogP contribution < -0.4 is 5.32 Å². The molecule has 3 rings (SSSR count). The van der Waals surface area contributed by atoms with Gasteiger partial charge < -0.3 is 19.5 Å². The average molecular weight is 475 g/mol. The molecule has 7 nitrogen and oxygen atoms in total. The van der Waals surface area contributed by atoms with Gasteiger partial charge in [0.1, 0.15) is 11.3 Å². The fourth-order valence-electron chi connectivity index (χ4n) is 4.42. The van der Waals surface area contributed by atoms with Gasteiger partial charge in [-0.15, -0.1) is 0 Å². The Kier molecular flexibility index (Phi) is 8.59. The van der Waals surface area contributed by atoms with E-state index in [-0.39, 0.29) is 24.1 Å². The van der Waals surface area contributed by atoms with Gasteiger partial charge in [-0.05, 0) is 81.2 Å². The number of amides is 2. The van der Waals surface area contributed by atoms with E-state index in [1.54, 1.807) is 16.2 Å². The van der Waals surface area contributed by atoms with Crippen molar-refractivity contribution < 1.29 is 14.3 Å². The Morgan fingerprint density at radius 1 is 1.21 bits per heavy atom. The van der Waals surface area contributed by atoms with Crippen LogP contribution in [0.25, 0.3) is 0 Å². The lowest BCUT2D eigenvalue weighted by atomic mass is 10.0. The minimum absolute atomic E-state index is 0.0537. The Morgan fingerprint density at radius 2 is 1.91 bits per heavy atom. The minimum atomic E-state index is -0.494. The number of carbonyl (C=O) groups excluding carboxylic acids is 2. The zero-order valence-electron chi connectivity index (χ0n) is 20.5. The minimum Gasteiger partial charge on any atom is -0.444 e. The molecule has 1 atom stereocenters. The third kappa shape index (κ3) is 6.60. The largest absolute Gasteiger partial charge is 0.444 e. The van der Waals surface area contributed by atoms with Gasteiger partial charge in [-0.3, -0.25) is 9.69 Å². The molecule has 1 unspecified atom stereocenters. The molecule has 1 N–H and O–H groups in total. The summed E-state index contributed by atoms with van der Waals surface area (Å²) in [5.41, 5.74) is 1.43. The first-order valence-electron chi connectivity index (χ1n) is 11.9. The second-order valence-electron chi connectivity index (χ2n) is 9.50. The van der Waals surface area contributed by atoms with Crippen molar-refractivity contribution in [3.63, 3.8) is 0 Å². The van der Waals surface area contributed by atoms with Crippen LogP contribution in [0.3, 0.4) is 0 Å². The smallest absolute Gasteiger partial charge is 0.410 e. The number of thiophene rings is 1. The van der Waals surface area contributed by atoms with Crippen LogP contribution in [0.1, 0.15) is 75.6 Å². The molecule has 0 bridgehead atoms. The summed E-state index contributed by atoms with van der Waals surface area (Å²) in [6, 6.07) is 6.30. The Labute approximate surface area is 201 Å². The first-order valence-corrected chi connectivity index (χ1v) is 12.9. The highest BCUT2D eigenvalue weighted by atomic mass is 32.1. The van der Waals surface area contributed by atoms with Crippen LogP contribution in [-0.2, 0) is 4.74 Å². The van der Waals surface area contributed by atoms with Crippen LogP contribution in [-0.4, -0.2) is 64.7 Å². The van der Waals surface area contributed by atoms with Gasteiger partial charge >= 0.3 is 6.09 Å². The number of likely N-dealkylation sites (tertiary alicyclic amines) is 1. The second kappa shape index (κ2) is 11.2. The van der Waals surface area contributed by atoms with E-state index in [4.69, 9.17) is 4.74 Å². The maximum atomic E-state index is 13.1. The van der Waals surface area contributed by atoms with Crippen LogP contribution in [0, 0.1) is 0 Å². The lowest BCUT2D eigenvalue weighted by Crippen LogP contribution is -2.42. The fourth-order valence-corrected chi connectivity index (χ4v) is 5.13. The average Bonchev–Trinajstić information content (AvgIpc) is 3.48. The lowest BCUT2D eigenvalue weighted by molar-refractivity contribution is 0.0187.